The number of benzene rings is 9. The van der Waals surface area contributed by atoms with Gasteiger partial charge < -0.3 is 8.98 Å². The largest absolute Gasteiger partial charge is 0.456 e. The van der Waals surface area contributed by atoms with Gasteiger partial charge in [0.2, 0.25) is 0 Å². The van der Waals surface area contributed by atoms with Crippen molar-refractivity contribution in [2.24, 2.45) is 0 Å². The zero-order valence-electron chi connectivity index (χ0n) is 35.1. The van der Waals surface area contributed by atoms with E-state index in [2.05, 4.69) is 140 Å². The van der Waals surface area contributed by atoms with Gasteiger partial charge in [-0.15, -0.1) is 11.3 Å². The summed E-state index contributed by atoms with van der Waals surface area (Å²) in [4.78, 5) is 17.9. The minimum absolute atomic E-state index is 0.595. The number of hydrogen-bond acceptors (Lipinski definition) is 7. The molecule has 66 heavy (non-hydrogen) atoms. The van der Waals surface area contributed by atoms with Crippen LogP contribution in [-0.4, -0.2) is 15.0 Å². The average Bonchev–Trinajstić information content (AvgIpc) is 3.95. The number of para-hydroxylation sites is 1. The first-order chi connectivity index (χ1) is 32.6. The van der Waals surface area contributed by atoms with Gasteiger partial charge in [-0.25, -0.2) is 15.0 Å². The van der Waals surface area contributed by atoms with Gasteiger partial charge in [0.15, 0.2) is 24.6 Å². The van der Waals surface area contributed by atoms with E-state index in [1.807, 2.05) is 66.7 Å². The average molecular weight is 900 g/mol. The van der Waals surface area contributed by atoms with Crippen molar-refractivity contribution < 1.29 is 8.98 Å². The zero-order chi connectivity index (χ0) is 43.6. The molecule has 5 nitrogen and oxygen atoms in total. The van der Waals surface area contributed by atoms with E-state index in [0.29, 0.717) is 17.5 Å². The second kappa shape index (κ2) is 14.3. The molecule has 2 aliphatic rings. The molecule has 0 amide bonds. The maximum absolute atomic E-state index is 16.6. The van der Waals surface area contributed by atoms with Gasteiger partial charge in [-0.2, -0.15) is 0 Å². The summed E-state index contributed by atoms with van der Waals surface area (Å²) in [5, 5.41) is 6.86. The first-order valence-corrected chi connectivity index (χ1v) is 25.3. The highest BCUT2D eigenvalue weighted by Crippen LogP contribution is 2.62. The standard InChI is InChI=1S/C58H34N3O2PS2/c62-64(37-18-5-2-6-19-37)49-27-12-9-24-43(49)58(46-33-42-38-20-7-11-26-47(38)63-48(42)34-50(46)64)44-25-10-14-29-52(44)65-53-32-36(30-31-45(53)58)56-59-55(35-16-3-1-4-17-35)60-57(61-56)41-23-15-22-40-39-21-8-13-28-51(39)66-54(40)41/h1-34H. The Morgan fingerprint density at radius 3 is 1.97 bits per heavy atom. The molecule has 9 aromatic carbocycles. The Kier molecular flexibility index (Phi) is 8.21. The molecule has 0 saturated carbocycles. The van der Waals surface area contributed by atoms with E-state index in [0.717, 1.165) is 91.3 Å². The van der Waals surface area contributed by atoms with Crippen molar-refractivity contribution in [2.45, 2.75) is 15.2 Å². The lowest BCUT2D eigenvalue weighted by molar-refractivity contribution is 0.589. The zero-order valence-corrected chi connectivity index (χ0v) is 37.6. The lowest BCUT2D eigenvalue weighted by Gasteiger charge is -2.47. The maximum Gasteiger partial charge on any atom is 0.171 e. The molecule has 310 valence electrons. The predicted molar refractivity (Wildman–Crippen MR) is 272 cm³/mol. The summed E-state index contributed by atoms with van der Waals surface area (Å²) in [5.74, 6) is 1.84. The Bertz CT molecular complexity index is 4030. The Labute approximate surface area is 387 Å². The van der Waals surface area contributed by atoms with Crippen molar-refractivity contribution in [3.8, 4) is 34.2 Å². The molecule has 0 N–H and O–H groups in total. The molecule has 14 rings (SSSR count). The number of nitrogens with zero attached hydrogens (tertiary/aromatic N) is 3. The fourth-order valence-electron chi connectivity index (χ4n) is 10.6. The molecule has 0 fully saturated rings. The van der Waals surface area contributed by atoms with Gasteiger partial charge in [0.1, 0.15) is 11.2 Å². The van der Waals surface area contributed by atoms with Crippen LogP contribution in [0.25, 0.3) is 76.3 Å². The second-order valence-electron chi connectivity index (χ2n) is 16.9. The van der Waals surface area contributed by atoms with Crippen LogP contribution in [0.5, 0.6) is 0 Å². The number of fused-ring (bicyclic) bond motifs is 14. The van der Waals surface area contributed by atoms with Crippen LogP contribution in [0, 0.1) is 0 Å². The number of furan rings is 1. The Hall–Kier alpha value is -7.41. The summed E-state index contributed by atoms with van der Waals surface area (Å²) in [7, 11) is -3.46. The first-order valence-electron chi connectivity index (χ1n) is 21.9. The lowest BCUT2D eigenvalue weighted by Crippen LogP contribution is -2.48. The van der Waals surface area contributed by atoms with E-state index in [-0.39, 0.29) is 0 Å². The number of hydrogen-bond donors (Lipinski definition) is 0. The smallest absolute Gasteiger partial charge is 0.171 e. The highest BCUT2D eigenvalue weighted by Gasteiger charge is 2.54. The minimum Gasteiger partial charge on any atom is -0.456 e. The van der Waals surface area contributed by atoms with Crippen LogP contribution >= 0.6 is 30.2 Å². The summed E-state index contributed by atoms with van der Waals surface area (Å²) >= 11 is 3.53. The molecule has 2 aliphatic heterocycles. The molecule has 5 heterocycles. The van der Waals surface area contributed by atoms with Crippen LogP contribution in [0.15, 0.2) is 220 Å². The quantitative estimate of drug-likeness (QED) is 0.164. The van der Waals surface area contributed by atoms with Crippen molar-refractivity contribution >= 4 is 88.3 Å². The van der Waals surface area contributed by atoms with Gasteiger partial charge in [0.25, 0.3) is 0 Å². The predicted octanol–water partition coefficient (Wildman–Crippen LogP) is 13.9. The third-order valence-corrected chi connectivity index (χ3v) is 19.0. The molecule has 0 aliphatic carbocycles. The molecule has 8 heteroatoms. The third-order valence-electron chi connectivity index (χ3n) is 13.5. The topological polar surface area (TPSA) is 68.9 Å². The van der Waals surface area contributed by atoms with Crippen molar-refractivity contribution in [3.05, 3.63) is 229 Å². The van der Waals surface area contributed by atoms with Crippen molar-refractivity contribution in [2.75, 3.05) is 0 Å². The van der Waals surface area contributed by atoms with Crippen LogP contribution in [-0.2, 0) is 9.98 Å². The molecular weight excluding hydrogens is 866 g/mol. The second-order valence-corrected chi connectivity index (χ2v) is 21.8. The van der Waals surface area contributed by atoms with Crippen LogP contribution in [0.1, 0.15) is 22.3 Å². The third kappa shape index (κ3) is 5.30. The highest BCUT2D eigenvalue weighted by molar-refractivity contribution is 7.99. The monoisotopic (exact) mass is 899 g/mol. The fraction of sp³-hybridized carbons (Fsp3) is 0.0172. The van der Waals surface area contributed by atoms with Crippen molar-refractivity contribution in [3.63, 3.8) is 0 Å². The lowest BCUT2D eigenvalue weighted by atomic mass is 9.64. The highest BCUT2D eigenvalue weighted by atomic mass is 32.2. The maximum atomic E-state index is 16.6. The summed E-state index contributed by atoms with van der Waals surface area (Å²) in [6.45, 7) is 0. The van der Waals surface area contributed by atoms with E-state index >= 15 is 4.57 Å². The van der Waals surface area contributed by atoms with Gasteiger partial charge in [-0.1, -0.05) is 176 Å². The van der Waals surface area contributed by atoms with Gasteiger partial charge in [0, 0.05) is 73.3 Å². The number of aromatic nitrogens is 3. The molecule has 2 unspecified atom stereocenters. The molecule has 3 aromatic heterocycles. The molecule has 1 spiro atoms. The number of rotatable bonds is 4. The molecule has 2 atom stereocenters. The van der Waals surface area contributed by atoms with Gasteiger partial charge in [-0.05, 0) is 64.7 Å². The van der Waals surface area contributed by atoms with E-state index < -0.39 is 12.6 Å². The minimum atomic E-state index is -3.46. The van der Waals surface area contributed by atoms with Crippen molar-refractivity contribution in [1.82, 2.24) is 15.0 Å². The molecule has 0 saturated heterocycles. The summed E-state index contributed by atoms with van der Waals surface area (Å²) in [6, 6.07) is 71.5. The van der Waals surface area contributed by atoms with E-state index in [1.165, 1.54) is 15.5 Å². The van der Waals surface area contributed by atoms with Crippen LogP contribution in [0.2, 0.25) is 0 Å². The Balaban J connectivity index is 1.05. The Morgan fingerprint density at radius 1 is 0.439 bits per heavy atom. The SMILES string of the molecule is O=P1(c2ccccc2)c2ccccc2C2(c3ccccc3Sc3cc(-c4nc(-c5ccccc5)nc(-c5cccc6c5sc5ccccc56)n4)ccc32)c2cc3c(cc21)oc1ccccc13. The summed E-state index contributed by atoms with van der Waals surface area (Å²) < 4.78 is 25.6. The molecular formula is C58H34N3O2PS2. The van der Waals surface area contributed by atoms with E-state index in [4.69, 9.17) is 19.4 Å². The van der Waals surface area contributed by atoms with Crippen LogP contribution in [0.3, 0.4) is 0 Å². The van der Waals surface area contributed by atoms with Crippen LogP contribution in [0.4, 0.5) is 0 Å². The Morgan fingerprint density at radius 2 is 1.11 bits per heavy atom. The van der Waals surface area contributed by atoms with Crippen LogP contribution < -0.4 is 15.9 Å². The fourth-order valence-corrected chi connectivity index (χ4v) is 16.2. The van der Waals surface area contributed by atoms with Gasteiger partial charge >= 0.3 is 0 Å². The summed E-state index contributed by atoms with van der Waals surface area (Å²) in [5.41, 5.74) is 7.75. The van der Waals surface area contributed by atoms with E-state index in [1.54, 1.807) is 23.1 Å². The number of thiophene rings is 1. The molecule has 12 aromatic rings. The molecule has 0 radical (unpaired) electrons. The first kappa shape index (κ1) is 37.9. The van der Waals surface area contributed by atoms with Gasteiger partial charge in [0.05, 0.1) is 5.41 Å². The normalized spacial score (nSPS) is 17.2. The van der Waals surface area contributed by atoms with Gasteiger partial charge in [-0.3, -0.25) is 0 Å². The molecule has 0 bridgehead atoms. The van der Waals surface area contributed by atoms with Crippen molar-refractivity contribution in [1.29, 1.82) is 0 Å². The summed E-state index contributed by atoms with van der Waals surface area (Å²) in [6.07, 6.45) is 0. The van der Waals surface area contributed by atoms with E-state index in [9.17, 15) is 0 Å².